The quantitative estimate of drug-likeness (QED) is 0.832. The van der Waals surface area contributed by atoms with Crippen LogP contribution in [0.25, 0.3) is 0 Å². The highest BCUT2D eigenvalue weighted by molar-refractivity contribution is 7.10. The Morgan fingerprint density at radius 1 is 1.50 bits per heavy atom. The van der Waals surface area contributed by atoms with Gasteiger partial charge in [0, 0.05) is 11.4 Å². The molecule has 3 nitrogen and oxygen atoms in total. The molecule has 0 bridgehead atoms. The van der Waals surface area contributed by atoms with Crippen LogP contribution in [0.1, 0.15) is 17.7 Å². The van der Waals surface area contributed by atoms with Crippen LogP contribution in [0.15, 0.2) is 17.5 Å². The van der Waals surface area contributed by atoms with Crippen LogP contribution in [0.5, 0.6) is 0 Å². The van der Waals surface area contributed by atoms with Gasteiger partial charge in [-0.25, -0.2) is 0 Å². The Balaban J connectivity index is 1.67. The number of amides is 1. The van der Waals surface area contributed by atoms with Crippen molar-refractivity contribution in [3.8, 4) is 0 Å². The van der Waals surface area contributed by atoms with E-state index in [1.807, 2.05) is 17.5 Å². The number of nitrogens with one attached hydrogen (secondary N) is 2. The number of hydrogen-bond acceptors (Lipinski definition) is 3. The van der Waals surface area contributed by atoms with Crippen LogP contribution in [0.2, 0.25) is 0 Å². The molecule has 1 aromatic heterocycles. The van der Waals surface area contributed by atoms with Gasteiger partial charge in [-0.05, 0) is 43.3 Å². The third-order valence-electron chi connectivity index (χ3n) is 2.96. The summed E-state index contributed by atoms with van der Waals surface area (Å²) in [4.78, 5) is 12.8. The van der Waals surface area contributed by atoms with Crippen LogP contribution in [0.4, 0.5) is 0 Å². The highest BCUT2D eigenvalue weighted by Gasteiger charge is 2.13. The first-order chi connectivity index (χ1) is 7.84. The average Bonchev–Trinajstić information content (AvgIpc) is 2.81. The van der Waals surface area contributed by atoms with E-state index >= 15 is 0 Å². The van der Waals surface area contributed by atoms with Crippen LogP contribution in [-0.2, 0) is 11.2 Å². The third kappa shape index (κ3) is 3.61. The van der Waals surface area contributed by atoms with Crippen molar-refractivity contribution in [2.75, 3.05) is 19.6 Å². The standard InChI is InChI=1S/C12H18N2OS/c15-12(8-11-2-1-7-16-11)14-9-10-3-5-13-6-4-10/h1-2,7,10,13H,3-6,8-9H2,(H,14,15). The zero-order valence-corrected chi connectivity index (χ0v) is 10.2. The molecule has 1 aliphatic rings. The van der Waals surface area contributed by atoms with Gasteiger partial charge in [-0.2, -0.15) is 0 Å². The summed E-state index contributed by atoms with van der Waals surface area (Å²) >= 11 is 1.64. The molecule has 0 unspecified atom stereocenters. The molecule has 2 rings (SSSR count). The maximum atomic E-state index is 11.6. The summed E-state index contributed by atoms with van der Waals surface area (Å²) in [5.41, 5.74) is 0. The molecule has 1 aromatic rings. The van der Waals surface area contributed by atoms with Crippen molar-refractivity contribution >= 4 is 17.2 Å². The molecule has 88 valence electrons. The van der Waals surface area contributed by atoms with Crippen LogP contribution >= 0.6 is 11.3 Å². The number of carbonyl (C=O) groups excluding carboxylic acids is 1. The summed E-state index contributed by atoms with van der Waals surface area (Å²) in [6, 6.07) is 3.99. The van der Waals surface area contributed by atoms with E-state index in [-0.39, 0.29) is 5.91 Å². The van der Waals surface area contributed by atoms with Gasteiger partial charge in [0.15, 0.2) is 0 Å². The molecule has 0 radical (unpaired) electrons. The molecule has 4 heteroatoms. The van der Waals surface area contributed by atoms with E-state index in [0.717, 1.165) is 24.5 Å². The van der Waals surface area contributed by atoms with Gasteiger partial charge in [-0.3, -0.25) is 4.79 Å². The minimum Gasteiger partial charge on any atom is -0.356 e. The largest absolute Gasteiger partial charge is 0.356 e. The molecule has 1 saturated heterocycles. The maximum Gasteiger partial charge on any atom is 0.225 e. The fourth-order valence-electron chi connectivity index (χ4n) is 1.98. The predicted octanol–water partition coefficient (Wildman–Crippen LogP) is 1.41. The lowest BCUT2D eigenvalue weighted by Crippen LogP contribution is -2.36. The molecule has 0 saturated carbocycles. The van der Waals surface area contributed by atoms with E-state index < -0.39 is 0 Å². The van der Waals surface area contributed by atoms with Crippen molar-refractivity contribution in [1.82, 2.24) is 10.6 Å². The van der Waals surface area contributed by atoms with Gasteiger partial charge in [0.2, 0.25) is 5.91 Å². The molecular formula is C12H18N2OS. The first-order valence-electron chi connectivity index (χ1n) is 5.84. The van der Waals surface area contributed by atoms with Crippen LogP contribution in [-0.4, -0.2) is 25.5 Å². The highest BCUT2D eigenvalue weighted by atomic mass is 32.1. The first-order valence-corrected chi connectivity index (χ1v) is 6.72. The topological polar surface area (TPSA) is 41.1 Å². The van der Waals surface area contributed by atoms with Crippen molar-refractivity contribution in [3.63, 3.8) is 0 Å². The molecular weight excluding hydrogens is 220 g/mol. The van der Waals surface area contributed by atoms with Crippen molar-refractivity contribution in [3.05, 3.63) is 22.4 Å². The Labute approximate surface area is 100 Å². The second kappa shape index (κ2) is 6.01. The van der Waals surface area contributed by atoms with Gasteiger partial charge in [-0.1, -0.05) is 6.07 Å². The Morgan fingerprint density at radius 3 is 3.00 bits per heavy atom. The van der Waals surface area contributed by atoms with E-state index in [1.165, 1.54) is 12.8 Å². The van der Waals surface area contributed by atoms with E-state index in [9.17, 15) is 4.79 Å². The second-order valence-electron chi connectivity index (χ2n) is 4.25. The lowest BCUT2D eigenvalue weighted by molar-refractivity contribution is -0.120. The summed E-state index contributed by atoms with van der Waals surface area (Å²) in [6.07, 6.45) is 2.89. The van der Waals surface area contributed by atoms with E-state index in [0.29, 0.717) is 12.3 Å². The van der Waals surface area contributed by atoms with Gasteiger partial charge in [-0.15, -0.1) is 11.3 Å². The van der Waals surface area contributed by atoms with Gasteiger partial charge in [0.1, 0.15) is 0 Å². The molecule has 16 heavy (non-hydrogen) atoms. The van der Waals surface area contributed by atoms with E-state index in [4.69, 9.17) is 0 Å². The minimum atomic E-state index is 0.154. The van der Waals surface area contributed by atoms with Crippen LogP contribution in [0.3, 0.4) is 0 Å². The average molecular weight is 238 g/mol. The molecule has 0 aromatic carbocycles. The predicted molar refractivity (Wildman–Crippen MR) is 66.6 cm³/mol. The van der Waals surface area contributed by atoms with Gasteiger partial charge in [0.05, 0.1) is 6.42 Å². The van der Waals surface area contributed by atoms with Crippen molar-refractivity contribution < 1.29 is 4.79 Å². The van der Waals surface area contributed by atoms with Crippen molar-refractivity contribution in [2.45, 2.75) is 19.3 Å². The Kier molecular flexibility index (Phi) is 4.36. The Bertz CT molecular complexity index is 318. The summed E-state index contributed by atoms with van der Waals surface area (Å²) in [5, 5.41) is 8.37. The smallest absolute Gasteiger partial charge is 0.225 e. The number of piperidine rings is 1. The zero-order valence-electron chi connectivity index (χ0n) is 9.37. The molecule has 1 aliphatic heterocycles. The number of rotatable bonds is 4. The molecule has 0 spiro atoms. The number of hydrogen-bond donors (Lipinski definition) is 2. The summed E-state index contributed by atoms with van der Waals surface area (Å²) < 4.78 is 0. The second-order valence-corrected chi connectivity index (χ2v) is 5.29. The fourth-order valence-corrected chi connectivity index (χ4v) is 2.68. The molecule has 2 heterocycles. The first kappa shape index (κ1) is 11.6. The summed E-state index contributed by atoms with van der Waals surface area (Å²) in [5.74, 6) is 0.814. The van der Waals surface area contributed by atoms with Gasteiger partial charge < -0.3 is 10.6 Å². The molecule has 0 aliphatic carbocycles. The SMILES string of the molecule is O=C(Cc1cccs1)NCC1CCNCC1. The summed E-state index contributed by atoms with van der Waals surface area (Å²) in [6.45, 7) is 3.02. The van der Waals surface area contributed by atoms with Crippen molar-refractivity contribution in [2.24, 2.45) is 5.92 Å². The fraction of sp³-hybridized carbons (Fsp3) is 0.583. The number of thiophene rings is 1. The highest BCUT2D eigenvalue weighted by Crippen LogP contribution is 2.11. The lowest BCUT2D eigenvalue weighted by atomic mass is 9.98. The van der Waals surface area contributed by atoms with E-state index in [2.05, 4.69) is 10.6 Å². The lowest BCUT2D eigenvalue weighted by Gasteiger charge is -2.22. The Hall–Kier alpha value is -0.870. The Morgan fingerprint density at radius 2 is 2.31 bits per heavy atom. The zero-order chi connectivity index (χ0) is 11.2. The van der Waals surface area contributed by atoms with E-state index in [1.54, 1.807) is 11.3 Å². The maximum absolute atomic E-state index is 11.6. The van der Waals surface area contributed by atoms with Gasteiger partial charge in [0.25, 0.3) is 0 Å². The number of carbonyl (C=O) groups is 1. The normalized spacial score (nSPS) is 17.2. The van der Waals surface area contributed by atoms with Crippen LogP contribution < -0.4 is 10.6 Å². The third-order valence-corrected chi connectivity index (χ3v) is 3.84. The minimum absolute atomic E-state index is 0.154. The molecule has 1 amide bonds. The van der Waals surface area contributed by atoms with Gasteiger partial charge >= 0.3 is 0 Å². The summed E-state index contributed by atoms with van der Waals surface area (Å²) in [7, 11) is 0. The van der Waals surface area contributed by atoms with Crippen molar-refractivity contribution in [1.29, 1.82) is 0 Å². The molecule has 2 N–H and O–H groups in total. The van der Waals surface area contributed by atoms with Crippen LogP contribution in [0, 0.1) is 5.92 Å². The molecule has 1 fully saturated rings. The molecule has 0 atom stereocenters. The monoisotopic (exact) mass is 238 g/mol.